The number of nitrogens with one attached hydrogen (secondary N) is 1. The number of Topliss-reactive ketones (excluding diaryl/α,β-unsaturated/α-hetero) is 1. The van der Waals surface area contributed by atoms with Gasteiger partial charge in [0, 0.05) is 0 Å². The van der Waals surface area contributed by atoms with Crippen molar-refractivity contribution in [2.75, 3.05) is 5.32 Å². The summed E-state index contributed by atoms with van der Waals surface area (Å²) < 4.78 is 2.15. The van der Waals surface area contributed by atoms with Crippen molar-refractivity contribution in [3.05, 3.63) is 78.9 Å². The average Bonchev–Trinajstić information content (AvgIpc) is 3.16. The molecule has 0 unspecified atom stereocenters. The van der Waals surface area contributed by atoms with Crippen LogP contribution in [0, 0.1) is 16.7 Å². The van der Waals surface area contributed by atoms with E-state index >= 15 is 0 Å². The zero-order valence-corrected chi connectivity index (χ0v) is 20.7. The third-order valence-electron chi connectivity index (χ3n) is 4.91. The molecule has 0 bridgehead atoms. The Kier molecular flexibility index (Phi) is 7.77. The third-order valence-corrected chi connectivity index (χ3v) is 9.30. The number of anilines is 1. The van der Waals surface area contributed by atoms with Crippen LogP contribution < -0.4 is 26.5 Å². The van der Waals surface area contributed by atoms with Gasteiger partial charge >= 0.3 is 193 Å². The molecule has 0 radical (unpaired) electrons. The molecule has 0 aliphatic heterocycles. The number of hydrogen-bond acceptors (Lipinski definition) is 4. The SMILES string of the molecule is CCCc1ccc(C(=O)Nc2ncc([I-]Cc3cc(C)c(C)c(C(C)=O)c3)s2)cc1. The number of alkyl halides is 1. The van der Waals surface area contributed by atoms with E-state index in [-0.39, 0.29) is 32.9 Å². The van der Waals surface area contributed by atoms with Gasteiger partial charge in [-0.25, -0.2) is 0 Å². The van der Waals surface area contributed by atoms with Crippen molar-refractivity contribution < 1.29 is 30.8 Å². The van der Waals surface area contributed by atoms with Crippen LogP contribution in [0.25, 0.3) is 0 Å². The molecule has 0 aliphatic carbocycles. The Hall–Kier alpha value is -2.06. The van der Waals surface area contributed by atoms with Gasteiger partial charge < -0.3 is 0 Å². The van der Waals surface area contributed by atoms with Crippen molar-refractivity contribution in [1.82, 2.24) is 4.98 Å². The second-order valence-corrected chi connectivity index (χ2v) is 11.7. The summed E-state index contributed by atoms with van der Waals surface area (Å²) in [5.74, 6) is -0.0152. The summed E-state index contributed by atoms with van der Waals surface area (Å²) in [6.07, 6.45) is 3.98. The Morgan fingerprint density at radius 2 is 1.83 bits per heavy atom. The molecule has 158 valence electrons. The maximum absolute atomic E-state index is 12.5. The van der Waals surface area contributed by atoms with Crippen molar-refractivity contribution in [2.45, 2.75) is 45.0 Å². The molecule has 30 heavy (non-hydrogen) atoms. The molecule has 0 aliphatic rings. The summed E-state index contributed by atoms with van der Waals surface area (Å²) in [6.45, 7) is 7.82. The first-order valence-corrected chi connectivity index (χ1v) is 13.4. The van der Waals surface area contributed by atoms with Crippen LogP contribution in [0.15, 0.2) is 42.6 Å². The molecule has 0 atom stereocenters. The normalized spacial score (nSPS) is 10.9. The third kappa shape index (κ3) is 5.76. The summed E-state index contributed by atoms with van der Waals surface area (Å²) >= 11 is 1.26. The van der Waals surface area contributed by atoms with Crippen LogP contribution in [0.5, 0.6) is 0 Å². The van der Waals surface area contributed by atoms with E-state index in [4.69, 9.17) is 0 Å². The van der Waals surface area contributed by atoms with Gasteiger partial charge in [-0.05, 0) is 0 Å². The second-order valence-electron chi connectivity index (χ2n) is 7.28. The van der Waals surface area contributed by atoms with E-state index in [1.165, 1.54) is 14.0 Å². The fourth-order valence-corrected chi connectivity index (χ4v) is 6.82. The van der Waals surface area contributed by atoms with Gasteiger partial charge in [-0.3, -0.25) is 0 Å². The van der Waals surface area contributed by atoms with Gasteiger partial charge in [-0.15, -0.1) is 0 Å². The van der Waals surface area contributed by atoms with Crippen LogP contribution in [-0.2, 0) is 10.8 Å². The van der Waals surface area contributed by atoms with Crippen molar-refractivity contribution in [2.24, 2.45) is 0 Å². The maximum atomic E-state index is 12.5. The number of carbonyl (C=O) groups is 2. The zero-order chi connectivity index (χ0) is 21.7. The van der Waals surface area contributed by atoms with Crippen LogP contribution in [0.2, 0.25) is 0 Å². The fraction of sp³-hybridized carbons (Fsp3) is 0.292. The van der Waals surface area contributed by atoms with Gasteiger partial charge in [-0.1, -0.05) is 0 Å². The van der Waals surface area contributed by atoms with E-state index in [1.807, 2.05) is 43.5 Å². The molecule has 1 amide bonds. The van der Waals surface area contributed by atoms with Crippen LogP contribution >= 0.6 is 11.3 Å². The summed E-state index contributed by atoms with van der Waals surface area (Å²) in [4.78, 5) is 28.7. The van der Waals surface area contributed by atoms with E-state index in [0.29, 0.717) is 10.7 Å². The number of aryl methyl sites for hydroxylation is 2. The molecule has 1 aromatic heterocycles. The molecule has 3 rings (SSSR count). The number of amides is 1. The summed E-state index contributed by atoms with van der Waals surface area (Å²) in [7, 11) is 0. The molecular weight excluding hydrogens is 507 g/mol. The van der Waals surface area contributed by atoms with Gasteiger partial charge in [-0.2, -0.15) is 0 Å². The number of benzene rings is 2. The summed E-state index contributed by atoms with van der Waals surface area (Å²) in [5, 5.41) is 3.55. The predicted molar refractivity (Wildman–Crippen MR) is 119 cm³/mol. The monoisotopic (exact) mass is 533 g/mol. The van der Waals surface area contributed by atoms with E-state index < -0.39 is 0 Å². The first-order chi connectivity index (χ1) is 14.4. The standard InChI is InChI=1S/C24H26IN2O2S/c1-5-6-18-7-9-20(10-8-18)23(29)27-24-26-14-22(30-24)25-13-19-11-15(2)16(3)21(12-19)17(4)28/h7-12,14H,5-6,13H2,1-4H3,(H,26,27,29)/q-1. The van der Waals surface area contributed by atoms with Crippen LogP contribution in [0.4, 0.5) is 5.13 Å². The molecule has 0 spiro atoms. The number of carbonyl (C=O) groups excluding carboxylic acids is 2. The van der Waals surface area contributed by atoms with Crippen molar-refractivity contribution in [3.63, 3.8) is 0 Å². The van der Waals surface area contributed by atoms with Crippen molar-refractivity contribution in [1.29, 1.82) is 0 Å². The number of rotatable bonds is 8. The molecule has 0 saturated carbocycles. The van der Waals surface area contributed by atoms with Gasteiger partial charge in [0.25, 0.3) is 0 Å². The number of ketones is 1. The quantitative estimate of drug-likeness (QED) is 0.275. The molecule has 4 nitrogen and oxygen atoms in total. The molecule has 1 heterocycles. The van der Waals surface area contributed by atoms with E-state index in [1.54, 1.807) is 18.3 Å². The van der Waals surface area contributed by atoms with E-state index in [2.05, 4.69) is 30.2 Å². The molecule has 1 N–H and O–H groups in total. The second kappa shape index (κ2) is 10.3. The molecule has 6 heteroatoms. The fourth-order valence-electron chi connectivity index (χ4n) is 3.17. The number of thiazole rings is 1. The van der Waals surface area contributed by atoms with E-state index in [9.17, 15) is 9.59 Å². The first-order valence-electron chi connectivity index (χ1n) is 9.93. The Morgan fingerprint density at radius 3 is 2.50 bits per heavy atom. The Morgan fingerprint density at radius 1 is 1.10 bits per heavy atom. The van der Waals surface area contributed by atoms with Crippen LogP contribution in [0.1, 0.15) is 63.2 Å². The number of nitrogens with zero attached hydrogens (tertiary/aromatic N) is 1. The average molecular weight is 533 g/mol. The molecule has 0 saturated heterocycles. The van der Waals surface area contributed by atoms with Gasteiger partial charge in [0.2, 0.25) is 0 Å². The van der Waals surface area contributed by atoms with Gasteiger partial charge in [0.15, 0.2) is 0 Å². The van der Waals surface area contributed by atoms with Crippen molar-refractivity contribution in [3.8, 4) is 0 Å². The Labute approximate surface area is 192 Å². The topological polar surface area (TPSA) is 59.1 Å². The molecule has 0 fully saturated rings. The molecule has 2 aromatic carbocycles. The minimum atomic E-state index is -0.283. The minimum absolute atomic E-state index is 0.112. The summed E-state index contributed by atoms with van der Waals surface area (Å²) in [6, 6.07) is 12.0. The van der Waals surface area contributed by atoms with Crippen molar-refractivity contribution >= 4 is 28.2 Å². The summed E-state index contributed by atoms with van der Waals surface area (Å²) in [5.41, 5.74) is 6.13. The molecular formula is C24H26IN2O2S-. The zero-order valence-electron chi connectivity index (χ0n) is 17.7. The van der Waals surface area contributed by atoms with Gasteiger partial charge in [0.1, 0.15) is 0 Å². The number of hydrogen-bond donors (Lipinski definition) is 1. The first kappa shape index (κ1) is 22.6. The number of halogens is 1. The van der Waals surface area contributed by atoms with E-state index in [0.717, 1.165) is 34.0 Å². The number of aromatic nitrogens is 1. The van der Waals surface area contributed by atoms with Crippen LogP contribution in [-0.4, -0.2) is 16.7 Å². The molecule has 3 aromatic rings. The van der Waals surface area contributed by atoms with Gasteiger partial charge in [0.05, 0.1) is 0 Å². The Balaban J connectivity index is 1.61. The predicted octanol–water partition coefficient (Wildman–Crippen LogP) is 2.63. The Bertz CT molecular complexity index is 1060. The van der Waals surface area contributed by atoms with Crippen LogP contribution in [0.3, 0.4) is 0 Å².